The van der Waals surface area contributed by atoms with Crippen molar-refractivity contribution in [3.8, 4) is 0 Å². The Morgan fingerprint density at radius 2 is 2.14 bits per heavy atom. The number of hydrogen-bond acceptors (Lipinski definition) is 4. The second-order valence-electron chi connectivity index (χ2n) is 4.76. The molecule has 2 aromatic rings. The van der Waals surface area contributed by atoms with E-state index in [1.807, 2.05) is 24.3 Å². The van der Waals surface area contributed by atoms with Gasteiger partial charge in [0.1, 0.15) is 0 Å². The Balaban J connectivity index is 1.82. The molecular formula is C16H19N3OS. The molecule has 0 radical (unpaired) electrons. The zero-order valence-electron chi connectivity index (χ0n) is 11.8. The number of rotatable bonds is 7. The second kappa shape index (κ2) is 7.69. The van der Waals surface area contributed by atoms with Crippen LogP contribution in [-0.2, 0) is 4.79 Å². The van der Waals surface area contributed by atoms with E-state index < -0.39 is 0 Å². The van der Waals surface area contributed by atoms with Gasteiger partial charge < -0.3 is 10.6 Å². The second-order valence-corrected chi connectivity index (χ2v) is 5.07. The lowest BCUT2D eigenvalue weighted by Crippen LogP contribution is -2.25. The van der Waals surface area contributed by atoms with Crippen molar-refractivity contribution >= 4 is 35.1 Å². The van der Waals surface area contributed by atoms with Crippen molar-refractivity contribution in [1.29, 1.82) is 0 Å². The summed E-state index contributed by atoms with van der Waals surface area (Å²) in [5, 5.41) is 7.12. The topological polar surface area (TPSA) is 54.0 Å². The Morgan fingerprint density at radius 3 is 2.95 bits per heavy atom. The number of nitrogens with one attached hydrogen (secondary N) is 2. The van der Waals surface area contributed by atoms with E-state index in [9.17, 15) is 4.79 Å². The average Bonchev–Trinajstić information content (AvgIpc) is 2.51. The number of carbonyl (C=O) groups excluding carboxylic acids is 1. The number of thiol groups is 1. The van der Waals surface area contributed by atoms with Crippen LogP contribution in [0, 0.1) is 0 Å². The number of anilines is 1. The summed E-state index contributed by atoms with van der Waals surface area (Å²) in [5.74, 6) is 0.178. The van der Waals surface area contributed by atoms with E-state index in [-0.39, 0.29) is 11.7 Å². The van der Waals surface area contributed by atoms with Crippen molar-refractivity contribution < 1.29 is 4.79 Å². The first-order valence-electron chi connectivity index (χ1n) is 6.86. The van der Waals surface area contributed by atoms with E-state index in [4.69, 9.17) is 0 Å². The Morgan fingerprint density at radius 1 is 1.33 bits per heavy atom. The summed E-state index contributed by atoms with van der Waals surface area (Å²) in [7, 11) is 0. The molecule has 1 heterocycles. The zero-order chi connectivity index (χ0) is 15.1. The molecule has 0 aliphatic carbocycles. The molecule has 1 aromatic heterocycles. The molecule has 1 amide bonds. The molecule has 110 valence electrons. The maximum atomic E-state index is 11.0. The van der Waals surface area contributed by atoms with Gasteiger partial charge in [-0.2, -0.15) is 12.6 Å². The summed E-state index contributed by atoms with van der Waals surface area (Å²) in [5.41, 5.74) is 2.81. The van der Waals surface area contributed by atoms with Gasteiger partial charge in [-0.1, -0.05) is 24.8 Å². The number of allylic oxidation sites excluding steroid dienone is 1. The minimum atomic E-state index is -0.0457. The number of para-hydroxylation sites is 1. The highest BCUT2D eigenvalue weighted by atomic mass is 32.1. The van der Waals surface area contributed by atoms with Crippen LogP contribution in [0.2, 0.25) is 0 Å². The number of fused-ring (bicyclic) bond motifs is 1. The van der Waals surface area contributed by atoms with Crippen molar-refractivity contribution in [3.63, 3.8) is 0 Å². The predicted molar refractivity (Wildman–Crippen MR) is 90.6 cm³/mol. The minimum Gasteiger partial charge on any atom is -0.358 e. The van der Waals surface area contributed by atoms with Crippen molar-refractivity contribution in [2.24, 2.45) is 0 Å². The third-order valence-corrected chi connectivity index (χ3v) is 3.32. The van der Waals surface area contributed by atoms with Crippen LogP contribution in [0.15, 0.2) is 48.8 Å². The third-order valence-electron chi connectivity index (χ3n) is 3.03. The molecule has 0 atom stereocenters. The zero-order valence-corrected chi connectivity index (χ0v) is 12.7. The molecule has 2 N–H and O–H groups in total. The highest BCUT2D eigenvalue weighted by Crippen LogP contribution is 2.18. The van der Waals surface area contributed by atoms with Gasteiger partial charge in [-0.3, -0.25) is 9.78 Å². The monoisotopic (exact) mass is 301 g/mol. The van der Waals surface area contributed by atoms with Crippen LogP contribution in [0.4, 0.5) is 5.69 Å². The summed E-state index contributed by atoms with van der Waals surface area (Å²) in [6.07, 6.45) is 3.43. The standard InChI is InChI=1S/C16H19N3OS/c1-12(5-4-8-17-16(20)11-21)19-14-9-13-6-2-3-7-15(13)18-10-14/h2-3,6-7,9-10,19,21H,1,4-5,8,11H2,(H,17,20). The molecule has 21 heavy (non-hydrogen) atoms. The fourth-order valence-electron chi connectivity index (χ4n) is 1.99. The maximum absolute atomic E-state index is 11.0. The van der Waals surface area contributed by atoms with Gasteiger partial charge in [0.25, 0.3) is 0 Å². The first-order valence-corrected chi connectivity index (χ1v) is 7.49. The first-order chi connectivity index (χ1) is 10.2. The minimum absolute atomic E-state index is 0.0457. The van der Waals surface area contributed by atoms with Crippen molar-refractivity contribution in [2.75, 3.05) is 17.6 Å². The predicted octanol–water partition coefficient (Wildman–Crippen LogP) is 2.99. The van der Waals surface area contributed by atoms with Gasteiger partial charge in [-0.15, -0.1) is 0 Å². The van der Waals surface area contributed by atoms with Gasteiger partial charge in [-0.05, 0) is 25.0 Å². The third kappa shape index (κ3) is 4.79. The molecule has 0 fully saturated rings. The summed E-state index contributed by atoms with van der Waals surface area (Å²) < 4.78 is 0. The lowest BCUT2D eigenvalue weighted by molar-refractivity contribution is -0.118. The Bertz CT molecular complexity index is 642. The quantitative estimate of drug-likeness (QED) is 0.544. The molecule has 1 aromatic carbocycles. The number of carbonyl (C=O) groups is 1. The lowest BCUT2D eigenvalue weighted by atomic mass is 10.2. The van der Waals surface area contributed by atoms with Crippen LogP contribution in [0.1, 0.15) is 12.8 Å². The first kappa shape index (κ1) is 15.4. The van der Waals surface area contributed by atoms with Crippen LogP contribution < -0.4 is 10.6 Å². The average molecular weight is 301 g/mol. The molecule has 2 rings (SSSR count). The van der Waals surface area contributed by atoms with Gasteiger partial charge in [0, 0.05) is 17.6 Å². The van der Waals surface area contributed by atoms with Crippen LogP contribution >= 0.6 is 12.6 Å². The van der Waals surface area contributed by atoms with E-state index in [1.165, 1.54) is 0 Å². The highest BCUT2D eigenvalue weighted by molar-refractivity contribution is 7.81. The van der Waals surface area contributed by atoms with E-state index in [0.29, 0.717) is 6.54 Å². The molecule has 0 bridgehead atoms. The van der Waals surface area contributed by atoms with Gasteiger partial charge >= 0.3 is 0 Å². The summed E-state index contributed by atoms with van der Waals surface area (Å²) in [4.78, 5) is 15.4. The van der Waals surface area contributed by atoms with E-state index in [0.717, 1.165) is 35.1 Å². The van der Waals surface area contributed by atoms with E-state index in [1.54, 1.807) is 6.20 Å². The molecule has 0 saturated heterocycles. The SMILES string of the molecule is C=C(CCCNC(=O)CS)Nc1cnc2ccccc2c1. The fraction of sp³-hybridized carbons (Fsp3) is 0.250. The van der Waals surface area contributed by atoms with E-state index >= 15 is 0 Å². The highest BCUT2D eigenvalue weighted by Gasteiger charge is 2.00. The Hall–Kier alpha value is -2.01. The number of amides is 1. The molecular weight excluding hydrogens is 282 g/mol. The molecule has 5 heteroatoms. The van der Waals surface area contributed by atoms with Gasteiger partial charge in [-0.25, -0.2) is 0 Å². The molecule has 0 spiro atoms. The van der Waals surface area contributed by atoms with Crippen LogP contribution in [0.5, 0.6) is 0 Å². The van der Waals surface area contributed by atoms with Crippen molar-refractivity contribution in [1.82, 2.24) is 10.3 Å². The van der Waals surface area contributed by atoms with E-state index in [2.05, 4.69) is 40.9 Å². The van der Waals surface area contributed by atoms with Gasteiger partial charge in [0.05, 0.1) is 23.2 Å². The smallest absolute Gasteiger partial charge is 0.229 e. The van der Waals surface area contributed by atoms with Crippen LogP contribution in [-0.4, -0.2) is 23.2 Å². The number of benzene rings is 1. The summed E-state index contributed by atoms with van der Waals surface area (Å²) in [6, 6.07) is 10.0. The number of nitrogens with zero attached hydrogens (tertiary/aromatic N) is 1. The van der Waals surface area contributed by atoms with Gasteiger partial charge in [0.2, 0.25) is 5.91 Å². The van der Waals surface area contributed by atoms with Gasteiger partial charge in [0.15, 0.2) is 0 Å². The molecule has 4 nitrogen and oxygen atoms in total. The Labute approximate surface area is 130 Å². The number of aromatic nitrogens is 1. The molecule has 0 aliphatic heterocycles. The number of pyridine rings is 1. The molecule has 0 unspecified atom stereocenters. The maximum Gasteiger partial charge on any atom is 0.229 e. The number of hydrogen-bond donors (Lipinski definition) is 3. The Kier molecular flexibility index (Phi) is 5.63. The van der Waals surface area contributed by atoms with Crippen LogP contribution in [0.25, 0.3) is 10.9 Å². The summed E-state index contributed by atoms with van der Waals surface area (Å²) >= 11 is 3.90. The molecule has 0 saturated carbocycles. The summed E-state index contributed by atoms with van der Waals surface area (Å²) in [6.45, 7) is 4.64. The largest absolute Gasteiger partial charge is 0.358 e. The normalized spacial score (nSPS) is 10.3. The fourth-order valence-corrected chi connectivity index (χ4v) is 2.10. The van der Waals surface area contributed by atoms with Crippen molar-refractivity contribution in [3.05, 3.63) is 48.8 Å². The van der Waals surface area contributed by atoms with Crippen molar-refractivity contribution in [2.45, 2.75) is 12.8 Å². The lowest BCUT2D eigenvalue weighted by Gasteiger charge is -2.10. The van der Waals surface area contributed by atoms with Crippen LogP contribution in [0.3, 0.4) is 0 Å². The molecule has 0 aliphatic rings.